The molecule has 0 fully saturated rings. The fraction of sp³-hybridized carbons (Fsp3) is 0. The van der Waals surface area contributed by atoms with E-state index < -0.39 is 0 Å². The first-order valence-electron chi connectivity index (χ1n) is 15.4. The number of benzene rings is 6. The maximum absolute atomic E-state index is 5.32. The summed E-state index contributed by atoms with van der Waals surface area (Å²) in [6, 6.07) is 54.3. The van der Waals surface area contributed by atoms with Gasteiger partial charge in [-0.2, -0.15) is 0 Å². The van der Waals surface area contributed by atoms with E-state index in [1.165, 1.54) is 0 Å². The summed E-state index contributed by atoms with van der Waals surface area (Å²) in [4.78, 5) is 20.7. The second-order valence-electron chi connectivity index (χ2n) is 11.5. The summed E-state index contributed by atoms with van der Waals surface area (Å²) in [7, 11) is 0. The van der Waals surface area contributed by atoms with Gasteiger partial charge in [-0.1, -0.05) is 133 Å². The molecule has 4 heteroatoms. The van der Waals surface area contributed by atoms with Gasteiger partial charge >= 0.3 is 0 Å². The van der Waals surface area contributed by atoms with E-state index in [1.54, 1.807) is 0 Å². The lowest BCUT2D eigenvalue weighted by Gasteiger charge is -2.15. The van der Waals surface area contributed by atoms with E-state index in [-0.39, 0.29) is 0 Å². The summed E-state index contributed by atoms with van der Waals surface area (Å²) in [6.07, 6.45) is 0. The van der Waals surface area contributed by atoms with Crippen molar-refractivity contribution in [2.75, 3.05) is 0 Å². The molecule has 3 aromatic heterocycles. The third kappa shape index (κ3) is 4.39. The molecule has 0 atom stereocenters. The van der Waals surface area contributed by atoms with Gasteiger partial charge < -0.3 is 0 Å². The summed E-state index contributed by atoms with van der Waals surface area (Å²) in [5.41, 5.74) is 9.70. The highest BCUT2D eigenvalue weighted by molar-refractivity contribution is 6.20. The first kappa shape index (κ1) is 26.2. The maximum Gasteiger partial charge on any atom is 0.160 e. The van der Waals surface area contributed by atoms with Gasteiger partial charge in [0.2, 0.25) is 0 Å². The standard InChI is InChI=1S/C42H26N4/c1-4-12-27(13-5-1)35-24-21-29-20-23-32-34-26-31(22-25-37(34)44-40(38(32)41(29)43-35)28-14-6-2-7-15-28)39-33-18-10-11-19-36(33)45-42(46-39)30-16-8-3-9-17-30/h1-26H. The third-order valence-corrected chi connectivity index (χ3v) is 8.64. The topological polar surface area (TPSA) is 51.6 Å². The molecule has 0 amide bonds. The average Bonchev–Trinajstić information content (AvgIpc) is 3.14. The Kier molecular flexibility index (Phi) is 6.10. The number of aromatic nitrogens is 4. The molecule has 0 saturated carbocycles. The molecule has 0 aliphatic carbocycles. The van der Waals surface area contributed by atoms with Crippen molar-refractivity contribution in [3.63, 3.8) is 0 Å². The number of nitrogens with zero attached hydrogens (tertiary/aromatic N) is 4. The van der Waals surface area contributed by atoms with Crippen LogP contribution in [-0.4, -0.2) is 19.9 Å². The van der Waals surface area contributed by atoms with E-state index in [9.17, 15) is 0 Å². The molecule has 3 heterocycles. The van der Waals surface area contributed by atoms with Crippen LogP contribution in [0.25, 0.3) is 88.6 Å². The van der Waals surface area contributed by atoms with E-state index in [0.717, 1.165) is 82.8 Å². The maximum atomic E-state index is 5.32. The van der Waals surface area contributed by atoms with Crippen LogP contribution in [0.15, 0.2) is 158 Å². The Morgan fingerprint density at radius 2 is 1.00 bits per heavy atom. The lowest BCUT2D eigenvalue weighted by molar-refractivity contribution is 1.23. The van der Waals surface area contributed by atoms with Crippen molar-refractivity contribution in [3.05, 3.63) is 158 Å². The van der Waals surface area contributed by atoms with Crippen LogP contribution in [0.3, 0.4) is 0 Å². The van der Waals surface area contributed by atoms with Crippen LogP contribution in [0.1, 0.15) is 0 Å². The van der Waals surface area contributed by atoms with Crippen molar-refractivity contribution >= 4 is 43.5 Å². The molecular weight excluding hydrogens is 560 g/mol. The smallest absolute Gasteiger partial charge is 0.160 e. The molecule has 9 rings (SSSR count). The Morgan fingerprint density at radius 1 is 0.348 bits per heavy atom. The number of para-hydroxylation sites is 1. The first-order chi connectivity index (χ1) is 22.8. The zero-order valence-electron chi connectivity index (χ0n) is 24.8. The molecule has 0 aliphatic heterocycles. The highest BCUT2D eigenvalue weighted by Crippen LogP contribution is 2.39. The Bertz CT molecular complexity index is 2560. The van der Waals surface area contributed by atoms with Gasteiger partial charge in [-0.05, 0) is 29.7 Å². The summed E-state index contributed by atoms with van der Waals surface area (Å²) in [6.45, 7) is 0. The van der Waals surface area contributed by atoms with E-state index in [1.807, 2.05) is 42.5 Å². The van der Waals surface area contributed by atoms with Gasteiger partial charge in [-0.3, -0.25) is 0 Å². The van der Waals surface area contributed by atoms with Gasteiger partial charge in [0.1, 0.15) is 0 Å². The third-order valence-electron chi connectivity index (χ3n) is 8.64. The molecule has 0 bridgehead atoms. The normalized spacial score (nSPS) is 11.5. The average molecular weight is 587 g/mol. The predicted molar refractivity (Wildman–Crippen MR) is 189 cm³/mol. The van der Waals surface area contributed by atoms with E-state index >= 15 is 0 Å². The Morgan fingerprint density at radius 3 is 1.78 bits per heavy atom. The van der Waals surface area contributed by atoms with Crippen LogP contribution >= 0.6 is 0 Å². The summed E-state index contributed by atoms with van der Waals surface area (Å²) >= 11 is 0. The fourth-order valence-corrected chi connectivity index (χ4v) is 6.41. The summed E-state index contributed by atoms with van der Waals surface area (Å²) in [5.74, 6) is 0.709. The van der Waals surface area contributed by atoms with Gasteiger partial charge in [0.15, 0.2) is 5.82 Å². The summed E-state index contributed by atoms with van der Waals surface area (Å²) < 4.78 is 0. The number of hydrogen-bond acceptors (Lipinski definition) is 4. The van der Waals surface area contributed by atoms with Crippen molar-refractivity contribution in [3.8, 4) is 45.2 Å². The molecule has 0 N–H and O–H groups in total. The first-order valence-corrected chi connectivity index (χ1v) is 15.4. The molecule has 0 aliphatic rings. The van der Waals surface area contributed by atoms with Gasteiger partial charge in [-0.25, -0.2) is 19.9 Å². The summed E-state index contributed by atoms with van der Waals surface area (Å²) in [5, 5.41) is 5.31. The Balaban J connectivity index is 1.35. The van der Waals surface area contributed by atoms with E-state index in [4.69, 9.17) is 19.9 Å². The number of pyridine rings is 2. The SMILES string of the molecule is c1ccc(-c2ccc3ccc4c5cc(-c6nc(-c7ccccc7)nc7ccccc67)ccc5nc(-c5ccccc5)c4c3n2)cc1. The van der Waals surface area contributed by atoms with Crippen molar-refractivity contribution in [1.29, 1.82) is 0 Å². The molecule has 6 aromatic carbocycles. The Hall–Kier alpha value is -6.26. The highest BCUT2D eigenvalue weighted by atomic mass is 14.9. The molecule has 9 aromatic rings. The van der Waals surface area contributed by atoms with E-state index in [0.29, 0.717) is 5.82 Å². The number of fused-ring (bicyclic) bond motifs is 6. The van der Waals surface area contributed by atoms with Gasteiger partial charge in [0.05, 0.1) is 33.6 Å². The van der Waals surface area contributed by atoms with Crippen LogP contribution in [0.2, 0.25) is 0 Å². The van der Waals surface area contributed by atoms with Crippen LogP contribution in [0.4, 0.5) is 0 Å². The largest absolute Gasteiger partial charge is 0.247 e. The minimum atomic E-state index is 0.709. The highest BCUT2D eigenvalue weighted by Gasteiger charge is 2.17. The molecule has 0 spiro atoms. The van der Waals surface area contributed by atoms with Crippen molar-refractivity contribution in [2.45, 2.75) is 0 Å². The van der Waals surface area contributed by atoms with Gasteiger partial charge in [-0.15, -0.1) is 0 Å². The predicted octanol–water partition coefficient (Wildman–Crippen LogP) is 10.5. The van der Waals surface area contributed by atoms with Crippen LogP contribution < -0.4 is 0 Å². The van der Waals surface area contributed by atoms with Crippen molar-refractivity contribution in [1.82, 2.24) is 19.9 Å². The van der Waals surface area contributed by atoms with Crippen molar-refractivity contribution < 1.29 is 0 Å². The fourth-order valence-electron chi connectivity index (χ4n) is 6.41. The molecule has 4 nitrogen and oxygen atoms in total. The molecule has 0 saturated heterocycles. The lowest BCUT2D eigenvalue weighted by Crippen LogP contribution is -1.96. The lowest BCUT2D eigenvalue weighted by atomic mass is 9.95. The van der Waals surface area contributed by atoms with Crippen molar-refractivity contribution in [2.24, 2.45) is 0 Å². The van der Waals surface area contributed by atoms with Gasteiger partial charge in [0, 0.05) is 43.8 Å². The van der Waals surface area contributed by atoms with E-state index in [2.05, 4.69) is 115 Å². The van der Waals surface area contributed by atoms with Crippen LogP contribution in [0, 0.1) is 0 Å². The minimum absolute atomic E-state index is 0.709. The molecule has 46 heavy (non-hydrogen) atoms. The molecule has 0 unspecified atom stereocenters. The molecule has 0 radical (unpaired) electrons. The monoisotopic (exact) mass is 586 g/mol. The zero-order chi connectivity index (χ0) is 30.5. The van der Waals surface area contributed by atoms with Crippen LogP contribution in [0.5, 0.6) is 0 Å². The van der Waals surface area contributed by atoms with Crippen LogP contribution in [-0.2, 0) is 0 Å². The zero-order valence-corrected chi connectivity index (χ0v) is 24.8. The molecular formula is C42H26N4. The van der Waals surface area contributed by atoms with Gasteiger partial charge in [0.25, 0.3) is 0 Å². The quantitative estimate of drug-likeness (QED) is 0.193. The number of rotatable bonds is 4. The molecule has 214 valence electrons. The Labute approximate surface area is 265 Å². The second-order valence-corrected chi connectivity index (χ2v) is 11.5. The second kappa shape index (κ2) is 10.7. The number of hydrogen-bond donors (Lipinski definition) is 0. The minimum Gasteiger partial charge on any atom is -0.247 e.